The summed E-state index contributed by atoms with van der Waals surface area (Å²) in [5.74, 6) is 0.509. The number of hydrogen-bond acceptors (Lipinski definition) is 3. The molecular weight excluding hydrogens is 288 g/mol. The third-order valence-electron chi connectivity index (χ3n) is 3.12. The summed E-state index contributed by atoms with van der Waals surface area (Å²) in [5.41, 5.74) is 1.39. The zero-order valence-electron chi connectivity index (χ0n) is 12.4. The number of nitrogens with zero attached hydrogens (tertiary/aromatic N) is 2. The van der Waals surface area contributed by atoms with Crippen molar-refractivity contribution >= 4 is 11.7 Å². The topological polar surface area (TPSA) is 45.2 Å². The van der Waals surface area contributed by atoms with Crippen LogP contribution in [-0.4, -0.2) is 29.9 Å². The molecule has 0 fully saturated rings. The Hall–Kier alpha value is -2.50. The second kappa shape index (κ2) is 6.98. The molecular formula is C16H17F2N3O. The van der Waals surface area contributed by atoms with Gasteiger partial charge in [0.1, 0.15) is 5.82 Å². The van der Waals surface area contributed by atoms with Gasteiger partial charge in [-0.3, -0.25) is 4.79 Å². The van der Waals surface area contributed by atoms with E-state index in [0.717, 1.165) is 5.56 Å². The molecule has 116 valence electrons. The molecule has 0 aliphatic carbocycles. The lowest BCUT2D eigenvalue weighted by molar-refractivity contribution is 0.0827. The molecule has 1 aromatic heterocycles. The Bertz CT molecular complexity index is 625. The molecule has 0 saturated carbocycles. The molecule has 0 bridgehead atoms. The van der Waals surface area contributed by atoms with E-state index < -0.39 is 6.43 Å². The normalized spacial score (nSPS) is 10.6. The second-order valence-corrected chi connectivity index (χ2v) is 5.03. The number of hydrogen-bond donors (Lipinski definition) is 1. The molecule has 22 heavy (non-hydrogen) atoms. The fraction of sp³-hybridized carbons (Fsp3) is 0.250. The van der Waals surface area contributed by atoms with Gasteiger partial charge in [0.15, 0.2) is 0 Å². The van der Waals surface area contributed by atoms with Crippen LogP contribution in [0.25, 0.3) is 0 Å². The van der Waals surface area contributed by atoms with Crippen LogP contribution in [0.3, 0.4) is 0 Å². The van der Waals surface area contributed by atoms with Crippen LogP contribution in [0.2, 0.25) is 0 Å². The van der Waals surface area contributed by atoms with Crippen LogP contribution in [-0.2, 0) is 6.54 Å². The summed E-state index contributed by atoms with van der Waals surface area (Å²) in [7, 11) is 3.36. The number of rotatable bonds is 5. The highest BCUT2D eigenvalue weighted by molar-refractivity contribution is 5.93. The van der Waals surface area contributed by atoms with Crippen LogP contribution in [0.5, 0.6) is 0 Å². The monoisotopic (exact) mass is 305 g/mol. The first-order valence-electron chi connectivity index (χ1n) is 6.76. The predicted octanol–water partition coefficient (Wildman–Crippen LogP) is 3.33. The van der Waals surface area contributed by atoms with Crippen LogP contribution in [0.15, 0.2) is 42.6 Å². The van der Waals surface area contributed by atoms with Crippen molar-refractivity contribution in [3.63, 3.8) is 0 Å². The van der Waals surface area contributed by atoms with Crippen molar-refractivity contribution in [1.82, 2.24) is 9.88 Å². The van der Waals surface area contributed by atoms with Gasteiger partial charge in [0.2, 0.25) is 0 Å². The summed E-state index contributed by atoms with van der Waals surface area (Å²) < 4.78 is 24.9. The van der Waals surface area contributed by atoms with E-state index in [2.05, 4.69) is 10.3 Å². The van der Waals surface area contributed by atoms with Gasteiger partial charge in [-0.15, -0.1) is 0 Å². The van der Waals surface area contributed by atoms with Crippen molar-refractivity contribution in [2.24, 2.45) is 0 Å². The van der Waals surface area contributed by atoms with E-state index in [4.69, 9.17) is 0 Å². The maximum absolute atomic E-state index is 12.5. The van der Waals surface area contributed by atoms with E-state index in [0.29, 0.717) is 17.9 Å². The van der Waals surface area contributed by atoms with Crippen LogP contribution in [0.4, 0.5) is 14.6 Å². The first kappa shape index (κ1) is 15.9. The average Bonchev–Trinajstić information content (AvgIpc) is 2.53. The molecule has 0 spiro atoms. The molecule has 0 aliphatic rings. The predicted molar refractivity (Wildman–Crippen MR) is 81.0 cm³/mol. The van der Waals surface area contributed by atoms with Crippen molar-refractivity contribution < 1.29 is 13.6 Å². The third kappa shape index (κ3) is 4.00. The lowest BCUT2D eigenvalue weighted by atomic mass is 10.1. The molecule has 0 unspecified atom stereocenters. The van der Waals surface area contributed by atoms with Gasteiger partial charge in [-0.1, -0.05) is 24.3 Å². The van der Waals surface area contributed by atoms with Gasteiger partial charge in [0.05, 0.1) is 5.56 Å². The Morgan fingerprint density at radius 3 is 2.36 bits per heavy atom. The van der Waals surface area contributed by atoms with Crippen molar-refractivity contribution in [1.29, 1.82) is 0 Å². The zero-order valence-corrected chi connectivity index (χ0v) is 12.4. The minimum Gasteiger partial charge on any atom is -0.366 e. The Balaban J connectivity index is 1.95. The zero-order chi connectivity index (χ0) is 16.1. The number of benzene rings is 1. The van der Waals surface area contributed by atoms with E-state index in [9.17, 15) is 13.6 Å². The number of nitrogens with one attached hydrogen (secondary N) is 1. The highest BCUT2D eigenvalue weighted by Gasteiger charge is 2.08. The van der Waals surface area contributed by atoms with Crippen LogP contribution in [0.1, 0.15) is 27.9 Å². The maximum Gasteiger partial charge on any atom is 0.263 e. The number of anilines is 1. The molecule has 4 nitrogen and oxygen atoms in total. The number of amides is 1. The second-order valence-electron chi connectivity index (χ2n) is 5.03. The first-order valence-corrected chi connectivity index (χ1v) is 6.76. The van der Waals surface area contributed by atoms with Gasteiger partial charge < -0.3 is 10.2 Å². The highest BCUT2D eigenvalue weighted by Crippen LogP contribution is 2.19. The quantitative estimate of drug-likeness (QED) is 0.921. The van der Waals surface area contributed by atoms with Gasteiger partial charge >= 0.3 is 0 Å². The van der Waals surface area contributed by atoms with E-state index >= 15 is 0 Å². The first-order chi connectivity index (χ1) is 10.5. The van der Waals surface area contributed by atoms with E-state index in [1.54, 1.807) is 38.4 Å². The van der Waals surface area contributed by atoms with E-state index in [1.807, 2.05) is 0 Å². The van der Waals surface area contributed by atoms with Gasteiger partial charge in [-0.2, -0.15) is 0 Å². The molecule has 1 N–H and O–H groups in total. The Morgan fingerprint density at radius 1 is 1.18 bits per heavy atom. The highest BCUT2D eigenvalue weighted by atomic mass is 19.3. The summed E-state index contributed by atoms with van der Waals surface area (Å²) >= 11 is 0. The average molecular weight is 305 g/mol. The van der Waals surface area contributed by atoms with Gasteiger partial charge in [0, 0.05) is 32.4 Å². The van der Waals surface area contributed by atoms with Gasteiger partial charge in [-0.25, -0.2) is 13.8 Å². The molecule has 0 radical (unpaired) electrons. The fourth-order valence-corrected chi connectivity index (χ4v) is 1.86. The Kier molecular flexibility index (Phi) is 5.04. The van der Waals surface area contributed by atoms with Gasteiger partial charge in [-0.05, 0) is 17.7 Å². The number of pyridine rings is 1. The summed E-state index contributed by atoms with van der Waals surface area (Å²) in [6, 6.07) is 9.53. The standard InChI is InChI=1S/C16H17F2N3O/c1-21(2)16(22)13-7-8-14(20-10-13)19-9-11-3-5-12(6-4-11)15(17)18/h3-8,10,15H,9H2,1-2H3,(H,19,20). The molecule has 1 heterocycles. The molecule has 1 aromatic carbocycles. The number of aromatic nitrogens is 1. The summed E-state index contributed by atoms with van der Waals surface area (Å²) in [5, 5.41) is 3.08. The third-order valence-corrected chi connectivity index (χ3v) is 3.12. The maximum atomic E-state index is 12.5. The number of carbonyl (C=O) groups is 1. The van der Waals surface area contributed by atoms with Crippen molar-refractivity contribution in [2.75, 3.05) is 19.4 Å². The number of carbonyl (C=O) groups excluding carboxylic acids is 1. The van der Waals surface area contributed by atoms with Crippen molar-refractivity contribution in [3.05, 3.63) is 59.3 Å². The fourth-order valence-electron chi connectivity index (χ4n) is 1.86. The Morgan fingerprint density at radius 2 is 1.86 bits per heavy atom. The molecule has 2 aromatic rings. The molecule has 0 aliphatic heterocycles. The minimum absolute atomic E-state index is 0.00780. The largest absolute Gasteiger partial charge is 0.366 e. The van der Waals surface area contributed by atoms with Crippen molar-refractivity contribution in [3.8, 4) is 0 Å². The van der Waals surface area contributed by atoms with Crippen LogP contribution < -0.4 is 5.32 Å². The number of alkyl halides is 2. The van der Waals surface area contributed by atoms with Crippen LogP contribution in [0, 0.1) is 0 Å². The summed E-state index contributed by atoms with van der Waals surface area (Å²) in [6.45, 7) is 0.470. The minimum atomic E-state index is -2.45. The molecule has 0 saturated heterocycles. The molecule has 6 heteroatoms. The van der Waals surface area contributed by atoms with Crippen LogP contribution >= 0.6 is 0 Å². The Labute approximate surface area is 127 Å². The molecule has 1 amide bonds. The van der Waals surface area contributed by atoms with E-state index in [-0.39, 0.29) is 11.5 Å². The molecule has 2 rings (SSSR count). The lowest BCUT2D eigenvalue weighted by Gasteiger charge is -2.11. The SMILES string of the molecule is CN(C)C(=O)c1ccc(NCc2ccc(C(F)F)cc2)nc1. The smallest absolute Gasteiger partial charge is 0.263 e. The van der Waals surface area contributed by atoms with E-state index in [1.165, 1.54) is 23.2 Å². The lowest BCUT2D eigenvalue weighted by Crippen LogP contribution is -2.21. The van der Waals surface area contributed by atoms with Gasteiger partial charge in [0.25, 0.3) is 12.3 Å². The summed E-state index contributed by atoms with van der Waals surface area (Å²) in [6.07, 6.45) is -0.949. The van der Waals surface area contributed by atoms with Crippen molar-refractivity contribution in [2.45, 2.75) is 13.0 Å². The number of halogens is 2. The summed E-state index contributed by atoms with van der Waals surface area (Å²) in [4.78, 5) is 17.4. The molecule has 0 atom stereocenters.